The number of aryl methyl sites for hydroxylation is 2. The Labute approximate surface area is 172 Å². The van der Waals surface area contributed by atoms with Gasteiger partial charge < -0.3 is 4.90 Å². The van der Waals surface area contributed by atoms with Gasteiger partial charge in [-0.05, 0) is 69.2 Å². The Balaban J connectivity index is 1.86. The topological polar surface area (TPSA) is 55.4 Å². The van der Waals surface area contributed by atoms with Gasteiger partial charge >= 0.3 is 0 Å². The minimum absolute atomic E-state index is 0.00743. The predicted octanol–water partition coefficient (Wildman–Crippen LogP) is 4.22. The van der Waals surface area contributed by atoms with Gasteiger partial charge in [0, 0.05) is 31.4 Å². The summed E-state index contributed by atoms with van der Waals surface area (Å²) in [5.41, 5.74) is 4.65. The average molecular weight is 394 g/mol. The highest BCUT2D eigenvalue weighted by Crippen LogP contribution is 2.29. The van der Waals surface area contributed by atoms with E-state index in [0.29, 0.717) is 17.3 Å². The Morgan fingerprint density at radius 2 is 1.79 bits per heavy atom. The van der Waals surface area contributed by atoms with Gasteiger partial charge in [0.05, 0.1) is 5.69 Å². The van der Waals surface area contributed by atoms with E-state index in [1.807, 2.05) is 25.4 Å². The second kappa shape index (κ2) is 7.65. The molecule has 1 saturated heterocycles. The number of hydrogen-bond acceptors (Lipinski definition) is 4. The molecular formula is C23H31N5O. The summed E-state index contributed by atoms with van der Waals surface area (Å²) in [4.78, 5) is 20.5. The lowest BCUT2D eigenvalue weighted by Gasteiger charge is -2.18. The van der Waals surface area contributed by atoms with Crippen LogP contribution in [0.3, 0.4) is 0 Å². The number of nitrogens with zero attached hydrogens (tertiary/aromatic N) is 5. The fraction of sp³-hybridized carbons (Fsp3) is 0.522. The number of pyridine rings is 1. The molecule has 1 aliphatic heterocycles. The summed E-state index contributed by atoms with van der Waals surface area (Å²) in [5, 5.41) is 4.89. The first kappa shape index (κ1) is 19.7. The van der Waals surface area contributed by atoms with Gasteiger partial charge in [0.1, 0.15) is 11.3 Å². The van der Waals surface area contributed by atoms with Crippen molar-refractivity contribution in [3.63, 3.8) is 0 Å². The summed E-state index contributed by atoms with van der Waals surface area (Å²) in [5.74, 6) is 2.06. The maximum absolute atomic E-state index is 13.4. The van der Waals surface area contributed by atoms with Crippen LogP contribution in [-0.4, -0.2) is 32.3 Å². The lowest BCUT2D eigenvalue weighted by Crippen LogP contribution is -2.25. The lowest BCUT2D eigenvalue weighted by atomic mass is 9.95. The molecule has 0 amide bonds. The number of aromatic nitrogens is 4. The molecule has 6 heteroatoms. The summed E-state index contributed by atoms with van der Waals surface area (Å²) in [6.45, 7) is 10.5. The maximum Gasteiger partial charge on any atom is 0.278 e. The largest absolute Gasteiger partial charge is 0.357 e. The fourth-order valence-corrected chi connectivity index (χ4v) is 4.59. The first-order valence-electron chi connectivity index (χ1n) is 10.8. The van der Waals surface area contributed by atoms with E-state index in [4.69, 9.17) is 10.1 Å². The lowest BCUT2D eigenvalue weighted by molar-refractivity contribution is 0.644. The fourth-order valence-electron chi connectivity index (χ4n) is 4.59. The van der Waals surface area contributed by atoms with Crippen molar-refractivity contribution in [1.82, 2.24) is 19.2 Å². The molecule has 3 aromatic rings. The van der Waals surface area contributed by atoms with Gasteiger partial charge in [-0.2, -0.15) is 0 Å². The van der Waals surface area contributed by atoms with E-state index < -0.39 is 0 Å². The van der Waals surface area contributed by atoms with Gasteiger partial charge in [0.2, 0.25) is 0 Å². The van der Waals surface area contributed by atoms with Crippen LogP contribution in [0, 0.1) is 13.8 Å². The third-order valence-corrected chi connectivity index (χ3v) is 6.37. The van der Waals surface area contributed by atoms with Crippen LogP contribution in [-0.2, 0) is 7.05 Å². The molecule has 0 unspecified atom stereocenters. The molecule has 0 spiro atoms. The van der Waals surface area contributed by atoms with Crippen molar-refractivity contribution in [3.05, 3.63) is 45.5 Å². The maximum atomic E-state index is 13.4. The highest BCUT2D eigenvalue weighted by molar-refractivity contribution is 5.64. The van der Waals surface area contributed by atoms with E-state index in [1.165, 1.54) is 12.8 Å². The number of hydrogen-bond donors (Lipinski definition) is 0. The van der Waals surface area contributed by atoms with Crippen LogP contribution in [0.1, 0.15) is 62.4 Å². The highest BCUT2D eigenvalue weighted by atomic mass is 16.1. The molecular weight excluding hydrogens is 362 g/mol. The van der Waals surface area contributed by atoms with Crippen molar-refractivity contribution >= 4 is 11.3 Å². The third kappa shape index (κ3) is 3.24. The van der Waals surface area contributed by atoms with E-state index in [-0.39, 0.29) is 5.56 Å². The highest BCUT2D eigenvalue weighted by Gasteiger charge is 2.22. The first-order chi connectivity index (χ1) is 14.0. The van der Waals surface area contributed by atoms with Crippen molar-refractivity contribution in [2.45, 2.75) is 59.3 Å². The Morgan fingerprint density at radius 3 is 2.41 bits per heavy atom. The standard InChI is InChI=1S/C23H31N5O/c1-6-17(7-2)19-14-15(3)28-21(19)23(29)26(5)22(25-28)18-10-11-20(24-16(18)4)27-12-8-9-13-27/h10-11,14,17H,6-9,12-13H2,1-5H3. The van der Waals surface area contributed by atoms with Gasteiger partial charge in [-0.3, -0.25) is 9.36 Å². The van der Waals surface area contributed by atoms with E-state index in [2.05, 4.69) is 36.9 Å². The molecule has 0 atom stereocenters. The minimum Gasteiger partial charge on any atom is -0.357 e. The molecule has 0 aromatic carbocycles. The van der Waals surface area contributed by atoms with E-state index in [9.17, 15) is 4.79 Å². The van der Waals surface area contributed by atoms with Crippen LogP contribution < -0.4 is 10.5 Å². The predicted molar refractivity (Wildman–Crippen MR) is 118 cm³/mol. The van der Waals surface area contributed by atoms with Crippen molar-refractivity contribution in [3.8, 4) is 11.4 Å². The molecule has 6 nitrogen and oxygen atoms in total. The Bertz CT molecular complexity index is 1100. The average Bonchev–Trinajstić information content (AvgIpc) is 3.35. The minimum atomic E-state index is 0.00743. The van der Waals surface area contributed by atoms with E-state index in [1.54, 1.807) is 4.57 Å². The summed E-state index contributed by atoms with van der Waals surface area (Å²) < 4.78 is 3.51. The van der Waals surface area contributed by atoms with Gasteiger partial charge in [-0.25, -0.2) is 9.50 Å². The first-order valence-corrected chi connectivity index (χ1v) is 10.8. The molecule has 4 rings (SSSR count). The van der Waals surface area contributed by atoms with Gasteiger partial charge in [0.15, 0.2) is 5.82 Å². The molecule has 0 saturated carbocycles. The molecule has 154 valence electrons. The summed E-state index contributed by atoms with van der Waals surface area (Å²) in [6.07, 6.45) is 4.48. The Kier molecular flexibility index (Phi) is 5.19. The van der Waals surface area contributed by atoms with E-state index >= 15 is 0 Å². The van der Waals surface area contributed by atoms with Crippen molar-refractivity contribution in [1.29, 1.82) is 0 Å². The zero-order valence-corrected chi connectivity index (χ0v) is 18.2. The van der Waals surface area contributed by atoms with Crippen LogP contribution >= 0.6 is 0 Å². The van der Waals surface area contributed by atoms with Crippen LogP contribution in [0.4, 0.5) is 5.82 Å². The third-order valence-electron chi connectivity index (χ3n) is 6.37. The Hall–Kier alpha value is -2.63. The SMILES string of the molecule is CCC(CC)c1cc(C)n2nc(-c3ccc(N4CCCC4)nc3C)n(C)c(=O)c12. The number of rotatable bonds is 5. The van der Waals surface area contributed by atoms with Crippen LogP contribution in [0.15, 0.2) is 23.0 Å². The van der Waals surface area contributed by atoms with Crippen LogP contribution in [0.5, 0.6) is 0 Å². The summed E-state index contributed by atoms with van der Waals surface area (Å²) in [6, 6.07) is 6.25. The van der Waals surface area contributed by atoms with Crippen LogP contribution in [0.2, 0.25) is 0 Å². The molecule has 29 heavy (non-hydrogen) atoms. The zero-order valence-electron chi connectivity index (χ0n) is 18.2. The molecule has 0 aliphatic carbocycles. The number of fused-ring (bicyclic) bond motifs is 1. The van der Waals surface area contributed by atoms with Crippen molar-refractivity contribution < 1.29 is 0 Å². The van der Waals surface area contributed by atoms with Gasteiger partial charge in [0.25, 0.3) is 5.56 Å². The van der Waals surface area contributed by atoms with Crippen molar-refractivity contribution in [2.75, 3.05) is 18.0 Å². The van der Waals surface area contributed by atoms with Crippen LogP contribution in [0.25, 0.3) is 16.9 Å². The molecule has 1 fully saturated rings. The summed E-state index contributed by atoms with van der Waals surface area (Å²) in [7, 11) is 1.82. The zero-order chi connectivity index (χ0) is 20.7. The normalized spacial score (nSPS) is 14.5. The second-order valence-corrected chi connectivity index (χ2v) is 8.20. The van der Waals surface area contributed by atoms with E-state index in [0.717, 1.165) is 54.3 Å². The van der Waals surface area contributed by atoms with Gasteiger partial charge in [-0.1, -0.05) is 13.8 Å². The Morgan fingerprint density at radius 1 is 1.10 bits per heavy atom. The van der Waals surface area contributed by atoms with Crippen molar-refractivity contribution in [2.24, 2.45) is 7.05 Å². The molecule has 0 radical (unpaired) electrons. The van der Waals surface area contributed by atoms with Gasteiger partial charge in [-0.15, -0.1) is 5.10 Å². The quantitative estimate of drug-likeness (QED) is 0.651. The monoisotopic (exact) mass is 393 g/mol. The molecule has 0 bridgehead atoms. The smallest absolute Gasteiger partial charge is 0.278 e. The summed E-state index contributed by atoms with van der Waals surface area (Å²) >= 11 is 0. The number of anilines is 1. The second-order valence-electron chi connectivity index (χ2n) is 8.20. The molecule has 1 aliphatic rings. The molecule has 4 heterocycles. The molecule has 3 aromatic heterocycles. The molecule has 0 N–H and O–H groups in total.